The molecule has 2 heterocycles. The minimum Gasteiger partial charge on any atom is -0.491 e. The number of fused-ring (bicyclic) bond motifs is 1. The van der Waals surface area contributed by atoms with E-state index < -0.39 is 5.97 Å². The predicted octanol–water partition coefficient (Wildman–Crippen LogP) is 4.43. The molecule has 3 aromatic rings. The molecule has 0 spiro atoms. The molecule has 31 heavy (non-hydrogen) atoms. The Hall–Kier alpha value is -2.71. The summed E-state index contributed by atoms with van der Waals surface area (Å²) in [6, 6.07) is 5.44. The molecule has 3 rings (SSSR count). The number of carbonyl (C=O) groups is 1. The molecule has 0 unspecified atom stereocenters. The number of carboxylic acid groups (broad SMARTS) is 1. The van der Waals surface area contributed by atoms with Gasteiger partial charge in [0.05, 0.1) is 23.4 Å². The van der Waals surface area contributed by atoms with Crippen LogP contribution >= 0.6 is 11.3 Å². The maximum Gasteiger partial charge on any atom is 0.347 e. The van der Waals surface area contributed by atoms with Crippen molar-refractivity contribution in [1.82, 2.24) is 9.55 Å². The molecule has 0 fully saturated rings. The highest BCUT2D eigenvalue weighted by Crippen LogP contribution is 2.34. The van der Waals surface area contributed by atoms with Crippen molar-refractivity contribution in [2.45, 2.75) is 53.6 Å². The Morgan fingerprint density at radius 2 is 2.06 bits per heavy atom. The molecule has 2 aromatic heterocycles. The number of aromatic nitrogens is 2. The molecule has 0 bridgehead atoms. The normalized spacial score (nSPS) is 11.4. The summed E-state index contributed by atoms with van der Waals surface area (Å²) in [5.41, 5.74) is 7.89. The number of rotatable bonds is 9. The second-order valence-electron chi connectivity index (χ2n) is 7.99. The number of carboxylic acids is 1. The summed E-state index contributed by atoms with van der Waals surface area (Å²) in [5, 5.41) is 11.2. The molecule has 166 valence electrons. The number of aryl methyl sites for hydroxylation is 1. The van der Waals surface area contributed by atoms with Crippen LogP contribution in [0.4, 0.5) is 0 Å². The first-order valence-electron chi connectivity index (χ1n) is 10.5. The van der Waals surface area contributed by atoms with E-state index in [1.165, 1.54) is 0 Å². The fraction of sp³-hybridized carbons (Fsp3) is 0.435. The van der Waals surface area contributed by atoms with E-state index >= 15 is 0 Å². The third-order valence-corrected chi connectivity index (χ3v) is 6.25. The lowest BCUT2D eigenvalue weighted by Crippen LogP contribution is -2.28. The minimum atomic E-state index is -0.993. The Kier molecular flexibility index (Phi) is 7.12. The third-order valence-electron chi connectivity index (χ3n) is 5.05. The van der Waals surface area contributed by atoms with Crippen molar-refractivity contribution in [1.29, 1.82) is 0 Å². The number of pyridine rings is 1. The van der Waals surface area contributed by atoms with E-state index in [9.17, 15) is 14.7 Å². The molecule has 0 atom stereocenters. The van der Waals surface area contributed by atoms with Crippen molar-refractivity contribution in [2.24, 2.45) is 11.7 Å². The summed E-state index contributed by atoms with van der Waals surface area (Å²) in [5.74, 6) is -0.0941. The number of ether oxygens (including phenoxy) is 1. The van der Waals surface area contributed by atoms with E-state index in [1.807, 2.05) is 12.1 Å². The van der Waals surface area contributed by atoms with Gasteiger partial charge in [0.1, 0.15) is 15.6 Å². The lowest BCUT2D eigenvalue weighted by molar-refractivity contribution is 0.0701. The van der Waals surface area contributed by atoms with E-state index in [-0.39, 0.29) is 22.9 Å². The van der Waals surface area contributed by atoms with Crippen LogP contribution < -0.4 is 16.0 Å². The Morgan fingerprint density at radius 3 is 2.65 bits per heavy atom. The van der Waals surface area contributed by atoms with Crippen molar-refractivity contribution in [3.63, 3.8) is 0 Å². The van der Waals surface area contributed by atoms with Crippen molar-refractivity contribution in [3.05, 3.63) is 44.8 Å². The molecule has 7 nitrogen and oxygen atoms in total. The summed E-state index contributed by atoms with van der Waals surface area (Å²) in [6.45, 7) is 9.16. The molecule has 8 heteroatoms. The SMILES string of the molecule is CCCCOc1c(CN)n(CC(C)C)c(=O)c2ccc(-c3nc(C)c(C(=O)O)s3)cc12. The van der Waals surface area contributed by atoms with Gasteiger partial charge >= 0.3 is 5.97 Å². The summed E-state index contributed by atoms with van der Waals surface area (Å²) in [7, 11) is 0. The van der Waals surface area contributed by atoms with Gasteiger partial charge in [-0.2, -0.15) is 0 Å². The average molecular weight is 444 g/mol. The molecule has 3 N–H and O–H groups in total. The van der Waals surface area contributed by atoms with Crippen LogP contribution in [-0.2, 0) is 13.1 Å². The van der Waals surface area contributed by atoms with Crippen LogP contribution in [0.1, 0.15) is 54.7 Å². The van der Waals surface area contributed by atoms with Gasteiger partial charge in [0.25, 0.3) is 5.56 Å². The van der Waals surface area contributed by atoms with Crippen LogP contribution in [0.3, 0.4) is 0 Å². The fourth-order valence-electron chi connectivity index (χ4n) is 3.56. The monoisotopic (exact) mass is 443 g/mol. The van der Waals surface area contributed by atoms with E-state index in [4.69, 9.17) is 10.5 Å². The Balaban J connectivity index is 2.25. The number of aromatic carboxylic acids is 1. The molecular weight excluding hydrogens is 414 g/mol. The van der Waals surface area contributed by atoms with Crippen LogP contribution in [-0.4, -0.2) is 27.2 Å². The van der Waals surface area contributed by atoms with E-state index in [1.54, 1.807) is 17.6 Å². The van der Waals surface area contributed by atoms with Gasteiger partial charge in [0, 0.05) is 24.0 Å². The molecular formula is C23H29N3O4S. The predicted molar refractivity (Wildman–Crippen MR) is 124 cm³/mol. The largest absolute Gasteiger partial charge is 0.491 e. The van der Waals surface area contributed by atoms with Crippen molar-refractivity contribution in [2.75, 3.05) is 6.61 Å². The quantitative estimate of drug-likeness (QED) is 0.474. The lowest BCUT2D eigenvalue weighted by Gasteiger charge is -2.20. The first kappa shape index (κ1) is 23.0. The molecule has 0 aliphatic carbocycles. The second-order valence-corrected chi connectivity index (χ2v) is 8.99. The number of nitrogens with zero attached hydrogens (tertiary/aromatic N) is 2. The maximum atomic E-state index is 13.3. The first-order valence-corrected chi connectivity index (χ1v) is 11.3. The van der Waals surface area contributed by atoms with Gasteiger partial charge in [-0.1, -0.05) is 33.3 Å². The second kappa shape index (κ2) is 9.62. The maximum absolute atomic E-state index is 13.3. The van der Waals surface area contributed by atoms with Crippen LogP contribution in [0, 0.1) is 12.8 Å². The van der Waals surface area contributed by atoms with Gasteiger partial charge in [-0.25, -0.2) is 9.78 Å². The van der Waals surface area contributed by atoms with Gasteiger partial charge < -0.3 is 20.1 Å². The number of benzene rings is 1. The molecule has 0 saturated carbocycles. The van der Waals surface area contributed by atoms with Crippen LogP contribution in [0.15, 0.2) is 23.0 Å². The third kappa shape index (κ3) is 4.65. The highest BCUT2D eigenvalue weighted by molar-refractivity contribution is 7.17. The first-order chi connectivity index (χ1) is 14.8. The van der Waals surface area contributed by atoms with Gasteiger partial charge in [0.15, 0.2) is 0 Å². The highest BCUT2D eigenvalue weighted by atomic mass is 32.1. The lowest BCUT2D eigenvalue weighted by atomic mass is 10.1. The highest BCUT2D eigenvalue weighted by Gasteiger charge is 2.20. The molecule has 0 aliphatic heterocycles. The topological polar surface area (TPSA) is 107 Å². The Bertz CT molecular complexity index is 1160. The molecule has 0 radical (unpaired) electrons. The smallest absolute Gasteiger partial charge is 0.347 e. The standard InChI is InChI=1S/C23H29N3O4S/c1-5-6-9-30-19-17-10-15(21-25-14(4)20(31-21)23(28)29)7-8-16(17)22(27)26(12-13(2)3)18(19)11-24/h7-8,10,13H,5-6,9,11-12,24H2,1-4H3,(H,28,29). The number of hydrogen-bond donors (Lipinski definition) is 2. The van der Waals surface area contributed by atoms with Gasteiger partial charge in [-0.15, -0.1) is 11.3 Å². The Morgan fingerprint density at radius 1 is 1.32 bits per heavy atom. The minimum absolute atomic E-state index is 0.0971. The number of thiazole rings is 1. The van der Waals surface area contributed by atoms with Gasteiger partial charge in [-0.3, -0.25) is 4.79 Å². The summed E-state index contributed by atoms with van der Waals surface area (Å²) < 4.78 is 7.89. The number of nitrogens with two attached hydrogens (primary N) is 1. The van der Waals surface area contributed by atoms with Crippen molar-refractivity contribution < 1.29 is 14.6 Å². The zero-order chi connectivity index (χ0) is 22.7. The van der Waals surface area contributed by atoms with Crippen LogP contribution in [0.2, 0.25) is 0 Å². The summed E-state index contributed by atoms with van der Waals surface area (Å²) >= 11 is 1.12. The van der Waals surface area contributed by atoms with Crippen LogP contribution in [0.25, 0.3) is 21.3 Å². The molecule has 0 aliphatic rings. The Labute approximate surface area is 185 Å². The number of unbranched alkanes of at least 4 members (excludes halogenated alkanes) is 1. The van der Waals surface area contributed by atoms with Crippen molar-refractivity contribution >= 4 is 28.1 Å². The zero-order valence-electron chi connectivity index (χ0n) is 18.4. The van der Waals surface area contributed by atoms with E-state index in [2.05, 4.69) is 25.8 Å². The molecule has 0 amide bonds. The average Bonchev–Trinajstić information content (AvgIpc) is 3.12. The van der Waals surface area contributed by atoms with E-state index in [0.29, 0.717) is 46.1 Å². The van der Waals surface area contributed by atoms with E-state index in [0.717, 1.165) is 29.7 Å². The van der Waals surface area contributed by atoms with Gasteiger partial charge in [-0.05, 0) is 31.4 Å². The molecule has 0 saturated heterocycles. The summed E-state index contributed by atoms with van der Waals surface area (Å²) in [6.07, 6.45) is 1.88. The van der Waals surface area contributed by atoms with Gasteiger partial charge in [0.2, 0.25) is 0 Å². The zero-order valence-corrected chi connectivity index (χ0v) is 19.2. The fourth-order valence-corrected chi connectivity index (χ4v) is 4.46. The van der Waals surface area contributed by atoms with Crippen LogP contribution in [0.5, 0.6) is 5.75 Å². The summed E-state index contributed by atoms with van der Waals surface area (Å²) in [4.78, 5) is 29.3. The van der Waals surface area contributed by atoms with Crippen molar-refractivity contribution in [3.8, 4) is 16.3 Å². The molecule has 1 aromatic carbocycles. The number of hydrogen-bond acceptors (Lipinski definition) is 6.